The molecule has 1 aromatic rings. The van der Waals surface area contributed by atoms with Crippen LogP contribution in [0.1, 0.15) is 25.7 Å². The molecule has 0 aliphatic heterocycles. The van der Waals surface area contributed by atoms with Gasteiger partial charge in [-0.1, -0.05) is 5.21 Å². The summed E-state index contributed by atoms with van der Waals surface area (Å²) < 4.78 is 31.0. The van der Waals surface area contributed by atoms with E-state index in [0.29, 0.717) is 0 Å². The summed E-state index contributed by atoms with van der Waals surface area (Å²) in [5.41, 5.74) is 0. The first-order chi connectivity index (χ1) is 7.94. The summed E-state index contributed by atoms with van der Waals surface area (Å²) in [6, 6.07) is -0.735. The van der Waals surface area contributed by atoms with Crippen LogP contribution in [0.4, 0.5) is 4.79 Å². The summed E-state index contributed by atoms with van der Waals surface area (Å²) in [5, 5.41) is 12.7. The minimum Gasteiger partial charge on any atom is -0.449 e. The lowest BCUT2D eigenvalue weighted by atomic mass is 10.4. The molecule has 11 heteroatoms. The van der Waals surface area contributed by atoms with Gasteiger partial charge in [-0.25, -0.2) is 9.52 Å². The third-order valence-corrected chi connectivity index (χ3v) is 2.67. The van der Waals surface area contributed by atoms with Gasteiger partial charge in [-0.05, 0) is 13.8 Å². The topological polar surface area (TPSA) is 139 Å². The van der Waals surface area contributed by atoms with Gasteiger partial charge in [-0.2, -0.15) is 18.4 Å². The van der Waals surface area contributed by atoms with Crippen molar-refractivity contribution in [2.45, 2.75) is 19.9 Å². The standard InChI is InChI=1S/C6H12N6O4S/c1-3-16-6(13)10-17(14,15)9-4(2)5-7-11-12-8-5/h4,9H,3H2,1-2H3,(H,10,13)(H,7,8,11,12). The summed E-state index contributed by atoms with van der Waals surface area (Å²) in [4.78, 5) is 10.9. The number of H-pyrrole nitrogens is 1. The molecule has 0 bridgehead atoms. The van der Waals surface area contributed by atoms with Crippen molar-refractivity contribution >= 4 is 16.3 Å². The lowest BCUT2D eigenvalue weighted by Crippen LogP contribution is -2.41. The predicted octanol–water partition coefficient (Wildman–Crippen LogP) is -1.16. The molecule has 10 nitrogen and oxygen atoms in total. The van der Waals surface area contributed by atoms with Gasteiger partial charge >= 0.3 is 16.3 Å². The minimum absolute atomic E-state index is 0.0712. The Hall–Kier alpha value is -1.75. The Bertz CT molecular complexity index is 457. The zero-order valence-corrected chi connectivity index (χ0v) is 9.98. The maximum Gasteiger partial charge on any atom is 0.421 e. The van der Waals surface area contributed by atoms with Crippen LogP contribution in [-0.4, -0.2) is 41.7 Å². The summed E-state index contributed by atoms with van der Waals surface area (Å²) in [7, 11) is -4.02. The quantitative estimate of drug-likeness (QED) is 0.609. The first kappa shape index (κ1) is 13.3. The molecule has 1 unspecified atom stereocenters. The fraction of sp³-hybridized carbons (Fsp3) is 0.667. The van der Waals surface area contributed by atoms with Crippen molar-refractivity contribution in [3.05, 3.63) is 5.82 Å². The first-order valence-electron chi connectivity index (χ1n) is 4.64. The number of amides is 1. The van der Waals surface area contributed by atoms with Gasteiger partial charge in [0.1, 0.15) is 0 Å². The summed E-state index contributed by atoms with van der Waals surface area (Å²) in [6.07, 6.45) is -1.06. The van der Waals surface area contributed by atoms with E-state index in [4.69, 9.17) is 0 Å². The van der Waals surface area contributed by atoms with E-state index in [-0.39, 0.29) is 12.4 Å². The predicted molar refractivity (Wildman–Crippen MR) is 54.8 cm³/mol. The second-order valence-electron chi connectivity index (χ2n) is 2.94. The Morgan fingerprint density at radius 3 is 2.82 bits per heavy atom. The van der Waals surface area contributed by atoms with E-state index >= 15 is 0 Å². The number of carbonyl (C=O) groups excluding carboxylic acids is 1. The number of aromatic amines is 1. The molecule has 1 rings (SSSR count). The molecule has 0 aromatic carbocycles. The van der Waals surface area contributed by atoms with Gasteiger partial charge in [0.2, 0.25) is 0 Å². The molecular formula is C6H12N6O4S. The third-order valence-electron chi connectivity index (χ3n) is 1.57. The number of hydrogen-bond donors (Lipinski definition) is 3. The number of nitrogens with zero attached hydrogens (tertiary/aromatic N) is 3. The van der Waals surface area contributed by atoms with Crippen molar-refractivity contribution in [2.24, 2.45) is 0 Å². The molecule has 1 aromatic heterocycles. The van der Waals surface area contributed by atoms with Crippen LogP contribution in [0.15, 0.2) is 0 Å². The Kier molecular flexibility index (Phi) is 4.34. The van der Waals surface area contributed by atoms with E-state index in [9.17, 15) is 13.2 Å². The van der Waals surface area contributed by atoms with E-state index in [1.54, 1.807) is 11.6 Å². The molecule has 0 aliphatic carbocycles. The Labute approximate surface area is 97.3 Å². The van der Waals surface area contributed by atoms with E-state index in [0.717, 1.165) is 0 Å². The van der Waals surface area contributed by atoms with Gasteiger partial charge in [0.05, 0.1) is 12.6 Å². The molecule has 3 N–H and O–H groups in total. The number of tetrazole rings is 1. The average molecular weight is 264 g/mol. The zero-order chi connectivity index (χ0) is 12.9. The second-order valence-corrected chi connectivity index (χ2v) is 4.38. The van der Waals surface area contributed by atoms with Gasteiger partial charge in [-0.3, -0.25) is 0 Å². The molecule has 0 saturated heterocycles. The van der Waals surface area contributed by atoms with Gasteiger partial charge in [0, 0.05) is 0 Å². The SMILES string of the molecule is CCOC(=O)NS(=O)(=O)NC(C)c1nn[nH]n1. The van der Waals surface area contributed by atoms with E-state index in [1.807, 2.05) is 0 Å². The van der Waals surface area contributed by atoms with E-state index in [2.05, 4.69) is 30.1 Å². The molecule has 0 fully saturated rings. The van der Waals surface area contributed by atoms with Crippen LogP contribution in [0.25, 0.3) is 0 Å². The molecule has 17 heavy (non-hydrogen) atoms. The van der Waals surface area contributed by atoms with Crippen molar-refractivity contribution in [3.63, 3.8) is 0 Å². The monoisotopic (exact) mass is 264 g/mol. The maximum atomic E-state index is 11.4. The fourth-order valence-corrected chi connectivity index (χ4v) is 1.85. The summed E-state index contributed by atoms with van der Waals surface area (Å²) in [5.74, 6) is 0.152. The highest BCUT2D eigenvalue weighted by Gasteiger charge is 2.20. The Morgan fingerprint density at radius 2 is 2.29 bits per heavy atom. The van der Waals surface area contributed by atoms with Gasteiger partial charge < -0.3 is 4.74 Å². The Balaban J connectivity index is 2.58. The molecule has 0 aliphatic rings. The van der Waals surface area contributed by atoms with Crippen molar-refractivity contribution < 1.29 is 17.9 Å². The second kappa shape index (κ2) is 5.54. The van der Waals surface area contributed by atoms with Crippen LogP contribution in [0, 0.1) is 0 Å². The molecule has 1 atom stereocenters. The van der Waals surface area contributed by atoms with E-state index < -0.39 is 22.3 Å². The third kappa shape index (κ3) is 4.32. The normalized spacial score (nSPS) is 13.1. The van der Waals surface area contributed by atoms with Crippen LogP contribution in [0.2, 0.25) is 0 Å². The van der Waals surface area contributed by atoms with Crippen molar-refractivity contribution in [3.8, 4) is 0 Å². The molecule has 1 amide bonds. The van der Waals surface area contributed by atoms with Crippen molar-refractivity contribution in [1.82, 2.24) is 30.1 Å². The van der Waals surface area contributed by atoms with Crippen LogP contribution < -0.4 is 9.44 Å². The molecule has 1 heterocycles. The number of aromatic nitrogens is 4. The van der Waals surface area contributed by atoms with Crippen molar-refractivity contribution in [1.29, 1.82) is 0 Å². The largest absolute Gasteiger partial charge is 0.449 e. The number of hydrogen-bond acceptors (Lipinski definition) is 7. The molecule has 96 valence electrons. The van der Waals surface area contributed by atoms with Crippen LogP contribution >= 0.6 is 0 Å². The average Bonchev–Trinajstić information content (AvgIpc) is 2.68. The van der Waals surface area contributed by atoms with Crippen molar-refractivity contribution in [2.75, 3.05) is 6.61 Å². The number of ether oxygens (including phenoxy) is 1. The number of carbonyl (C=O) groups is 1. The molecule has 0 spiro atoms. The Morgan fingerprint density at radius 1 is 1.59 bits per heavy atom. The molecular weight excluding hydrogens is 252 g/mol. The van der Waals surface area contributed by atoms with Crippen LogP contribution in [0.3, 0.4) is 0 Å². The van der Waals surface area contributed by atoms with Gasteiger partial charge in [-0.15, -0.1) is 10.2 Å². The summed E-state index contributed by atoms with van der Waals surface area (Å²) in [6.45, 7) is 3.12. The van der Waals surface area contributed by atoms with E-state index in [1.165, 1.54) is 6.92 Å². The highest BCUT2D eigenvalue weighted by Crippen LogP contribution is 2.04. The summed E-state index contributed by atoms with van der Waals surface area (Å²) >= 11 is 0. The molecule has 0 radical (unpaired) electrons. The highest BCUT2D eigenvalue weighted by atomic mass is 32.2. The highest BCUT2D eigenvalue weighted by molar-refractivity contribution is 7.88. The lowest BCUT2D eigenvalue weighted by molar-refractivity contribution is 0.158. The lowest BCUT2D eigenvalue weighted by Gasteiger charge is -2.11. The number of rotatable bonds is 5. The van der Waals surface area contributed by atoms with Gasteiger partial charge in [0.15, 0.2) is 5.82 Å². The smallest absolute Gasteiger partial charge is 0.421 e. The zero-order valence-electron chi connectivity index (χ0n) is 9.17. The minimum atomic E-state index is -4.02. The van der Waals surface area contributed by atoms with Crippen LogP contribution in [-0.2, 0) is 14.9 Å². The number of nitrogens with one attached hydrogen (secondary N) is 3. The first-order valence-corrected chi connectivity index (χ1v) is 6.13. The fourth-order valence-electron chi connectivity index (χ4n) is 0.938. The maximum absolute atomic E-state index is 11.4. The van der Waals surface area contributed by atoms with Crippen LogP contribution in [0.5, 0.6) is 0 Å². The molecule has 0 saturated carbocycles. The van der Waals surface area contributed by atoms with Gasteiger partial charge in [0.25, 0.3) is 0 Å².